The number of hydrogen-bond acceptors (Lipinski definition) is 3. The first-order valence-corrected chi connectivity index (χ1v) is 11.6. The molecule has 2 aromatic heterocycles. The molecule has 4 heteroatoms. The average molecular weight is 435 g/mol. The Hall–Kier alpha value is -3.66. The van der Waals surface area contributed by atoms with Gasteiger partial charge in [-0.15, -0.1) is 0 Å². The van der Waals surface area contributed by atoms with E-state index in [0.29, 0.717) is 0 Å². The summed E-state index contributed by atoms with van der Waals surface area (Å²) in [6.07, 6.45) is 7.79. The van der Waals surface area contributed by atoms with Gasteiger partial charge >= 0.3 is 0 Å². The highest BCUT2D eigenvalue weighted by Gasteiger charge is 2.26. The topological polar surface area (TPSA) is 34.0 Å². The molecule has 0 bridgehead atoms. The minimum Gasteiger partial charge on any atom is -0.363 e. The molecule has 0 spiro atoms. The van der Waals surface area contributed by atoms with Gasteiger partial charge in [0.1, 0.15) is 0 Å². The van der Waals surface area contributed by atoms with Crippen molar-refractivity contribution in [3.63, 3.8) is 0 Å². The summed E-state index contributed by atoms with van der Waals surface area (Å²) in [5.41, 5.74) is 12.5. The first-order valence-electron chi connectivity index (χ1n) is 11.6. The molecule has 33 heavy (non-hydrogen) atoms. The molecule has 166 valence electrons. The number of fused-ring (bicyclic) bond motifs is 1. The largest absolute Gasteiger partial charge is 0.363 e. The molecule has 0 amide bonds. The second kappa shape index (κ2) is 8.70. The maximum Gasteiger partial charge on any atom is 0.0568 e. The van der Waals surface area contributed by atoms with E-state index in [-0.39, 0.29) is 0 Å². The molecule has 5 rings (SSSR count). The zero-order chi connectivity index (χ0) is 22.9. The fraction of sp³-hybridized carbons (Fsp3) is 0.241. The van der Waals surface area contributed by atoms with Crippen LogP contribution in [-0.2, 0) is 33.0 Å². The molecule has 1 aliphatic heterocycles. The third-order valence-corrected chi connectivity index (χ3v) is 6.75. The van der Waals surface area contributed by atoms with Gasteiger partial charge in [-0.05, 0) is 52.8 Å². The molecule has 4 nitrogen and oxygen atoms in total. The number of hydrogen-bond donors (Lipinski definition) is 0. The van der Waals surface area contributed by atoms with Crippen molar-refractivity contribution < 1.29 is 0 Å². The molecule has 2 aromatic carbocycles. The normalized spacial score (nSPS) is 12.9. The lowest BCUT2D eigenvalue weighted by Crippen LogP contribution is -2.14. The van der Waals surface area contributed by atoms with Gasteiger partial charge < -0.3 is 4.90 Å². The summed E-state index contributed by atoms with van der Waals surface area (Å²) in [6.45, 7) is 10.6. The zero-order valence-electron chi connectivity index (χ0n) is 19.7. The number of benzene rings is 2. The highest BCUT2D eigenvalue weighted by molar-refractivity contribution is 5.71. The van der Waals surface area contributed by atoms with E-state index in [2.05, 4.69) is 79.0 Å². The number of nitrogens with zero attached hydrogens (tertiary/aromatic N) is 4. The molecule has 1 aliphatic rings. The molecular formula is C29H30N4. The van der Waals surface area contributed by atoms with Crippen molar-refractivity contribution in [2.24, 2.45) is 7.05 Å². The van der Waals surface area contributed by atoms with Crippen LogP contribution in [-0.4, -0.2) is 19.7 Å². The van der Waals surface area contributed by atoms with Crippen LogP contribution in [0.5, 0.6) is 0 Å². The molecule has 4 aromatic rings. The second-order valence-electron chi connectivity index (χ2n) is 8.94. The number of rotatable bonds is 6. The van der Waals surface area contributed by atoms with Crippen LogP contribution >= 0.6 is 0 Å². The molecule has 0 atom stereocenters. The van der Waals surface area contributed by atoms with Crippen LogP contribution in [0.3, 0.4) is 0 Å². The highest BCUT2D eigenvalue weighted by atomic mass is 15.2. The Balaban J connectivity index is 1.37. The maximum absolute atomic E-state index is 4.81. The van der Waals surface area contributed by atoms with Gasteiger partial charge in [0.25, 0.3) is 0 Å². The summed E-state index contributed by atoms with van der Waals surface area (Å²) < 4.78 is 1.83. The Kier molecular flexibility index (Phi) is 5.59. The molecule has 0 fully saturated rings. The molecule has 3 heterocycles. The van der Waals surface area contributed by atoms with Crippen LogP contribution in [0, 0.1) is 6.92 Å². The molecule has 0 unspecified atom stereocenters. The molecule has 0 saturated carbocycles. The Morgan fingerprint density at radius 2 is 1.85 bits per heavy atom. The fourth-order valence-electron chi connectivity index (χ4n) is 4.89. The molecule has 0 aliphatic carbocycles. The number of aromatic nitrogens is 3. The minimum atomic E-state index is 0.838. The number of aryl methyl sites for hydroxylation is 3. The van der Waals surface area contributed by atoms with Crippen LogP contribution in [0.1, 0.15) is 46.0 Å². The van der Waals surface area contributed by atoms with Crippen molar-refractivity contribution in [3.05, 3.63) is 113 Å². The van der Waals surface area contributed by atoms with Crippen molar-refractivity contribution >= 4 is 5.70 Å². The summed E-state index contributed by atoms with van der Waals surface area (Å²) in [5, 5.41) is 4.28. The van der Waals surface area contributed by atoms with E-state index >= 15 is 0 Å². The Morgan fingerprint density at radius 3 is 2.58 bits per heavy atom. The molecule has 0 N–H and O–H groups in total. The summed E-state index contributed by atoms with van der Waals surface area (Å²) >= 11 is 0. The van der Waals surface area contributed by atoms with E-state index in [4.69, 9.17) is 4.98 Å². The molecular weight excluding hydrogens is 404 g/mol. The summed E-state index contributed by atoms with van der Waals surface area (Å²) in [4.78, 5) is 7.17. The van der Waals surface area contributed by atoms with Crippen molar-refractivity contribution in [2.45, 2.75) is 39.8 Å². The third kappa shape index (κ3) is 4.09. The van der Waals surface area contributed by atoms with Gasteiger partial charge in [0.15, 0.2) is 0 Å². The van der Waals surface area contributed by atoms with E-state index in [0.717, 1.165) is 42.9 Å². The highest BCUT2D eigenvalue weighted by Crippen LogP contribution is 2.36. The molecule has 0 radical (unpaired) electrons. The van der Waals surface area contributed by atoms with E-state index in [1.54, 1.807) is 0 Å². The van der Waals surface area contributed by atoms with Gasteiger partial charge in [-0.2, -0.15) is 5.10 Å². The van der Waals surface area contributed by atoms with Crippen LogP contribution < -0.4 is 0 Å². The zero-order valence-corrected chi connectivity index (χ0v) is 19.7. The monoisotopic (exact) mass is 434 g/mol. The quantitative estimate of drug-likeness (QED) is 0.377. The summed E-state index contributed by atoms with van der Waals surface area (Å²) in [5.74, 6) is 0. The van der Waals surface area contributed by atoms with Crippen molar-refractivity contribution in [3.8, 4) is 11.1 Å². The van der Waals surface area contributed by atoms with Crippen LogP contribution in [0.15, 0.2) is 73.7 Å². The van der Waals surface area contributed by atoms with Gasteiger partial charge in [-0.1, -0.05) is 56.0 Å². The standard InChI is InChI=1S/C29H30N4/c1-5-23-8-6-7-20(2)27(23)15-28-29-21(3)33(19-25(29)13-14-30-28)17-22-9-11-24(12-10-22)26-16-31-32(4)18-26/h6-14,16,18H,3,5,15,17,19H2,1-2,4H3. The fourth-order valence-corrected chi connectivity index (χ4v) is 4.89. The van der Waals surface area contributed by atoms with Crippen LogP contribution in [0.4, 0.5) is 0 Å². The van der Waals surface area contributed by atoms with Gasteiger partial charge in [0, 0.05) is 55.8 Å². The predicted octanol–water partition coefficient (Wildman–Crippen LogP) is 5.93. The van der Waals surface area contributed by atoms with Crippen molar-refractivity contribution in [1.29, 1.82) is 0 Å². The van der Waals surface area contributed by atoms with Gasteiger partial charge in [-0.25, -0.2) is 0 Å². The maximum atomic E-state index is 4.81. The van der Waals surface area contributed by atoms with E-state index in [9.17, 15) is 0 Å². The minimum absolute atomic E-state index is 0.838. The van der Waals surface area contributed by atoms with Gasteiger partial charge in [0.2, 0.25) is 0 Å². The Morgan fingerprint density at radius 1 is 1.03 bits per heavy atom. The first-order chi connectivity index (χ1) is 16.0. The van der Waals surface area contributed by atoms with Crippen LogP contribution in [0.25, 0.3) is 16.8 Å². The lowest BCUT2D eigenvalue weighted by atomic mass is 9.93. The van der Waals surface area contributed by atoms with Crippen molar-refractivity contribution in [2.75, 3.05) is 0 Å². The average Bonchev–Trinajstić information content (AvgIpc) is 3.39. The SMILES string of the molecule is C=C1c2c(ccnc2Cc2c(C)cccc2CC)CN1Cc1ccc(-c2cnn(C)c2)cc1. The predicted molar refractivity (Wildman–Crippen MR) is 135 cm³/mol. The lowest BCUT2D eigenvalue weighted by molar-refractivity contribution is 0.404. The van der Waals surface area contributed by atoms with Crippen LogP contribution in [0.2, 0.25) is 0 Å². The van der Waals surface area contributed by atoms with Gasteiger partial charge in [-0.3, -0.25) is 9.67 Å². The summed E-state index contributed by atoms with van der Waals surface area (Å²) in [7, 11) is 1.94. The number of pyridine rings is 1. The smallest absolute Gasteiger partial charge is 0.0568 e. The van der Waals surface area contributed by atoms with E-state index in [1.165, 1.54) is 38.9 Å². The summed E-state index contributed by atoms with van der Waals surface area (Å²) in [6, 6.07) is 17.5. The Bertz CT molecular complexity index is 1310. The second-order valence-corrected chi connectivity index (χ2v) is 8.94. The van der Waals surface area contributed by atoms with Gasteiger partial charge in [0.05, 0.1) is 11.9 Å². The first kappa shape index (κ1) is 21.2. The molecule has 0 saturated heterocycles. The lowest BCUT2D eigenvalue weighted by Gasteiger charge is -2.20. The van der Waals surface area contributed by atoms with E-state index < -0.39 is 0 Å². The van der Waals surface area contributed by atoms with E-state index in [1.807, 2.05) is 30.3 Å². The van der Waals surface area contributed by atoms with Crippen molar-refractivity contribution in [1.82, 2.24) is 19.7 Å². The Labute approximate surface area is 196 Å². The third-order valence-electron chi connectivity index (χ3n) is 6.75.